The third-order valence-corrected chi connectivity index (χ3v) is 4.02. The molecule has 0 spiro atoms. The monoisotopic (exact) mass is 237 g/mol. The number of amides is 1. The summed E-state index contributed by atoms with van der Waals surface area (Å²) in [6.45, 7) is 9.38. The maximum absolute atomic E-state index is 12.0. The fraction of sp³-hybridized carbons (Fsp3) is 0.769. The van der Waals surface area contributed by atoms with Crippen molar-refractivity contribution in [2.45, 2.75) is 31.8 Å². The van der Waals surface area contributed by atoms with Gasteiger partial charge in [0.1, 0.15) is 0 Å². The van der Waals surface area contributed by atoms with Crippen molar-refractivity contribution >= 4 is 5.91 Å². The van der Waals surface area contributed by atoms with Crippen LogP contribution >= 0.6 is 0 Å². The predicted molar refractivity (Wildman–Crippen MR) is 68.8 cm³/mol. The summed E-state index contributed by atoms with van der Waals surface area (Å²) in [5.74, 6) is 0.857. The lowest BCUT2D eigenvalue weighted by molar-refractivity contribution is -0.127. The summed E-state index contributed by atoms with van der Waals surface area (Å²) in [5, 5.41) is 6.33. The largest absolute Gasteiger partial charge is 0.351 e. The lowest BCUT2D eigenvalue weighted by Crippen LogP contribution is -2.54. The van der Waals surface area contributed by atoms with Crippen LogP contribution in [0.3, 0.4) is 0 Å². The van der Waals surface area contributed by atoms with Crippen molar-refractivity contribution in [1.82, 2.24) is 15.5 Å². The highest BCUT2D eigenvalue weighted by molar-refractivity contribution is 5.81. The smallest absolute Gasteiger partial charge is 0.237 e. The van der Waals surface area contributed by atoms with Gasteiger partial charge in [0.25, 0.3) is 0 Å². The highest BCUT2D eigenvalue weighted by Gasteiger charge is 2.38. The lowest BCUT2D eigenvalue weighted by atomic mass is 9.91. The predicted octanol–water partition coefficient (Wildman–Crippen LogP) is 0.361. The molecule has 0 aliphatic carbocycles. The van der Waals surface area contributed by atoms with E-state index in [4.69, 9.17) is 0 Å². The zero-order valence-corrected chi connectivity index (χ0v) is 10.6. The Morgan fingerprint density at radius 3 is 3.24 bits per heavy atom. The lowest BCUT2D eigenvalue weighted by Gasteiger charge is -2.40. The summed E-state index contributed by atoms with van der Waals surface area (Å²) < 4.78 is 0. The van der Waals surface area contributed by atoms with E-state index >= 15 is 0 Å². The van der Waals surface area contributed by atoms with Gasteiger partial charge in [-0.1, -0.05) is 6.08 Å². The first-order chi connectivity index (χ1) is 8.24. The van der Waals surface area contributed by atoms with Gasteiger partial charge in [0.2, 0.25) is 5.91 Å². The van der Waals surface area contributed by atoms with Crippen LogP contribution in [0.5, 0.6) is 0 Å². The Morgan fingerprint density at radius 2 is 2.47 bits per heavy atom. The van der Waals surface area contributed by atoms with Gasteiger partial charge in [0.15, 0.2) is 0 Å². The van der Waals surface area contributed by atoms with E-state index in [1.807, 2.05) is 6.92 Å². The number of rotatable bonds is 4. The molecule has 0 radical (unpaired) electrons. The minimum absolute atomic E-state index is 0.0253. The number of hydrogen-bond acceptors (Lipinski definition) is 3. The molecular weight excluding hydrogens is 214 g/mol. The van der Waals surface area contributed by atoms with Gasteiger partial charge < -0.3 is 10.6 Å². The van der Waals surface area contributed by atoms with Crippen molar-refractivity contribution < 1.29 is 4.79 Å². The van der Waals surface area contributed by atoms with Crippen LogP contribution in [0, 0.1) is 5.92 Å². The number of likely N-dealkylation sites (tertiary alicyclic amines) is 1. The van der Waals surface area contributed by atoms with Crippen LogP contribution in [0.2, 0.25) is 0 Å². The third kappa shape index (κ3) is 2.69. The second-order valence-corrected chi connectivity index (χ2v) is 5.08. The van der Waals surface area contributed by atoms with E-state index in [0.29, 0.717) is 12.6 Å². The van der Waals surface area contributed by atoms with Gasteiger partial charge in [-0.15, -0.1) is 6.58 Å². The van der Waals surface area contributed by atoms with Crippen LogP contribution in [0.15, 0.2) is 12.7 Å². The van der Waals surface area contributed by atoms with Gasteiger partial charge in [0, 0.05) is 19.1 Å². The zero-order valence-electron chi connectivity index (χ0n) is 10.6. The molecular formula is C13H23N3O. The molecule has 0 aromatic heterocycles. The van der Waals surface area contributed by atoms with E-state index in [2.05, 4.69) is 22.1 Å². The molecule has 1 amide bonds. The summed E-state index contributed by atoms with van der Waals surface area (Å²) in [7, 11) is 0. The number of fused-ring (bicyclic) bond motifs is 1. The topological polar surface area (TPSA) is 44.4 Å². The molecule has 0 aromatic rings. The van der Waals surface area contributed by atoms with E-state index < -0.39 is 0 Å². The Labute approximate surface area is 103 Å². The molecule has 0 saturated carbocycles. The summed E-state index contributed by atoms with van der Waals surface area (Å²) in [6.07, 6.45) is 4.23. The molecule has 3 atom stereocenters. The molecule has 4 nitrogen and oxygen atoms in total. The summed E-state index contributed by atoms with van der Waals surface area (Å²) >= 11 is 0. The number of hydrogen-bond donors (Lipinski definition) is 2. The quantitative estimate of drug-likeness (QED) is 0.694. The second kappa shape index (κ2) is 5.65. The molecule has 0 bridgehead atoms. The molecule has 2 aliphatic heterocycles. The van der Waals surface area contributed by atoms with Gasteiger partial charge in [-0.3, -0.25) is 9.69 Å². The summed E-state index contributed by atoms with van der Waals surface area (Å²) in [4.78, 5) is 14.3. The highest BCUT2D eigenvalue weighted by atomic mass is 16.2. The maximum atomic E-state index is 12.0. The van der Waals surface area contributed by atoms with Crippen LogP contribution < -0.4 is 10.6 Å². The number of carbonyl (C=O) groups excluding carboxylic acids is 1. The van der Waals surface area contributed by atoms with Crippen LogP contribution in [-0.2, 0) is 4.79 Å². The normalized spacial score (nSPS) is 30.6. The molecule has 96 valence electrons. The van der Waals surface area contributed by atoms with Gasteiger partial charge in [-0.2, -0.15) is 0 Å². The van der Waals surface area contributed by atoms with Crippen molar-refractivity contribution in [2.24, 2.45) is 5.92 Å². The molecule has 2 rings (SSSR count). The molecule has 2 fully saturated rings. The van der Waals surface area contributed by atoms with Gasteiger partial charge in [-0.25, -0.2) is 0 Å². The SMILES string of the molecule is C=CCNC(=O)C(C)N1CCCC2CNCC21. The van der Waals surface area contributed by atoms with E-state index in [0.717, 1.165) is 25.6 Å². The van der Waals surface area contributed by atoms with Crippen molar-refractivity contribution in [3.63, 3.8) is 0 Å². The molecule has 2 N–H and O–H groups in total. The van der Waals surface area contributed by atoms with E-state index in [1.54, 1.807) is 6.08 Å². The Kier molecular flexibility index (Phi) is 4.18. The standard InChI is InChI=1S/C13H23N3O/c1-3-6-15-13(17)10(2)16-7-4-5-11-8-14-9-12(11)16/h3,10-12,14H,1,4-9H2,2H3,(H,15,17). The number of nitrogens with zero attached hydrogens (tertiary/aromatic N) is 1. The molecule has 2 aliphatic rings. The molecule has 17 heavy (non-hydrogen) atoms. The second-order valence-electron chi connectivity index (χ2n) is 5.08. The Hall–Kier alpha value is -0.870. The van der Waals surface area contributed by atoms with Crippen molar-refractivity contribution in [1.29, 1.82) is 0 Å². The first-order valence-electron chi connectivity index (χ1n) is 6.59. The zero-order chi connectivity index (χ0) is 12.3. The van der Waals surface area contributed by atoms with E-state index in [-0.39, 0.29) is 11.9 Å². The van der Waals surface area contributed by atoms with Gasteiger partial charge in [-0.05, 0) is 38.8 Å². The Bertz CT molecular complexity index is 292. The van der Waals surface area contributed by atoms with E-state index in [1.165, 1.54) is 12.8 Å². The molecule has 3 unspecified atom stereocenters. The molecule has 2 saturated heterocycles. The summed E-state index contributed by atoms with van der Waals surface area (Å²) in [6, 6.07) is 0.524. The fourth-order valence-corrected chi connectivity index (χ4v) is 3.06. The minimum Gasteiger partial charge on any atom is -0.351 e. The number of piperidine rings is 1. The van der Waals surface area contributed by atoms with Crippen LogP contribution in [0.25, 0.3) is 0 Å². The van der Waals surface area contributed by atoms with Gasteiger partial charge in [0.05, 0.1) is 6.04 Å². The van der Waals surface area contributed by atoms with Crippen molar-refractivity contribution in [3.05, 3.63) is 12.7 Å². The number of carbonyl (C=O) groups is 1. The number of nitrogens with one attached hydrogen (secondary N) is 2. The van der Waals surface area contributed by atoms with Crippen LogP contribution in [0.4, 0.5) is 0 Å². The minimum atomic E-state index is -0.0253. The molecule has 0 aromatic carbocycles. The van der Waals surface area contributed by atoms with E-state index in [9.17, 15) is 4.79 Å². The average Bonchev–Trinajstić information content (AvgIpc) is 2.82. The average molecular weight is 237 g/mol. The Balaban J connectivity index is 1.95. The van der Waals surface area contributed by atoms with Gasteiger partial charge >= 0.3 is 0 Å². The first kappa shape index (κ1) is 12.6. The summed E-state index contributed by atoms with van der Waals surface area (Å²) in [5.41, 5.74) is 0. The molecule has 4 heteroatoms. The first-order valence-corrected chi connectivity index (χ1v) is 6.59. The van der Waals surface area contributed by atoms with Crippen LogP contribution in [0.1, 0.15) is 19.8 Å². The van der Waals surface area contributed by atoms with Crippen molar-refractivity contribution in [3.8, 4) is 0 Å². The molecule has 2 heterocycles. The van der Waals surface area contributed by atoms with Crippen LogP contribution in [-0.4, -0.2) is 49.1 Å². The maximum Gasteiger partial charge on any atom is 0.237 e. The highest BCUT2D eigenvalue weighted by Crippen LogP contribution is 2.27. The fourth-order valence-electron chi connectivity index (χ4n) is 3.06. The Morgan fingerprint density at radius 1 is 1.65 bits per heavy atom. The third-order valence-electron chi connectivity index (χ3n) is 4.02. The van der Waals surface area contributed by atoms with Crippen molar-refractivity contribution in [2.75, 3.05) is 26.2 Å².